The third-order valence-electron chi connectivity index (χ3n) is 5.55. The van der Waals surface area contributed by atoms with E-state index in [4.69, 9.17) is 18.9 Å². The molecule has 0 saturated carbocycles. The Labute approximate surface area is 206 Å². The zero-order chi connectivity index (χ0) is 25.5. The van der Waals surface area contributed by atoms with Crippen molar-refractivity contribution < 1.29 is 43.5 Å². The summed E-state index contributed by atoms with van der Waals surface area (Å²) in [6, 6.07) is 24.0. The van der Waals surface area contributed by atoms with Gasteiger partial charge in [-0.3, -0.25) is 0 Å². The van der Waals surface area contributed by atoms with Crippen LogP contribution in [-0.4, -0.2) is 65.4 Å². The van der Waals surface area contributed by atoms with Crippen molar-refractivity contribution in [3.8, 4) is 0 Å². The molecule has 3 unspecified atom stereocenters. The van der Waals surface area contributed by atoms with E-state index in [1.165, 1.54) is 36.4 Å². The Morgan fingerprint density at radius 3 is 1.36 bits per heavy atom. The van der Waals surface area contributed by atoms with Crippen molar-refractivity contribution in [2.24, 2.45) is 0 Å². The van der Waals surface area contributed by atoms with E-state index in [1.54, 1.807) is 54.6 Å². The van der Waals surface area contributed by atoms with Crippen molar-refractivity contribution >= 4 is 17.9 Å². The third-order valence-corrected chi connectivity index (χ3v) is 5.55. The first-order chi connectivity index (χ1) is 17.5. The lowest BCUT2D eigenvalue weighted by molar-refractivity contribution is -0.284. The van der Waals surface area contributed by atoms with Gasteiger partial charge in [-0.1, -0.05) is 54.6 Å². The molecule has 0 bridgehead atoms. The summed E-state index contributed by atoms with van der Waals surface area (Å²) in [7, 11) is 0. The van der Waals surface area contributed by atoms with Crippen molar-refractivity contribution in [2.45, 2.75) is 30.7 Å². The first-order valence-corrected chi connectivity index (χ1v) is 11.2. The number of carbonyl (C=O) groups is 3. The minimum atomic E-state index is -1.78. The summed E-state index contributed by atoms with van der Waals surface area (Å²) in [6.07, 6.45) is -7.53. The molecule has 186 valence electrons. The molecule has 1 fully saturated rings. The minimum Gasteiger partial charge on any atom is -0.452 e. The average molecular weight is 492 g/mol. The second-order valence-corrected chi connectivity index (χ2v) is 7.96. The topological polar surface area (TPSA) is 129 Å². The Morgan fingerprint density at radius 2 is 0.972 bits per heavy atom. The van der Waals surface area contributed by atoms with Crippen LogP contribution in [0.4, 0.5) is 0 Å². The molecule has 3 aromatic carbocycles. The lowest BCUT2D eigenvalue weighted by atomic mass is 9.98. The van der Waals surface area contributed by atoms with Crippen molar-refractivity contribution in [3.63, 3.8) is 0 Å². The predicted molar refractivity (Wildman–Crippen MR) is 125 cm³/mol. The van der Waals surface area contributed by atoms with Crippen LogP contribution in [0, 0.1) is 0 Å². The molecule has 2 N–H and O–H groups in total. The summed E-state index contributed by atoms with van der Waals surface area (Å²) in [4.78, 5) is 38.5. The molecule has 1 aliphatic heterocycles. The fraction of sp³-hybridized carbons (Fsp3) is 0.222. The summed E-state index contributed by atoms with van der Waals surface area (Å²) in [5, 5.41) is 20.5. The maximum Gasteiger partial charge on any atom is 0.338 e. The van der Waals surface area contributed by atoms with Crippen LogP contribution in [0.3, 0.4) is 0 Å². The minimum absolute atomic E-state index is 0.181. The van der Waals surface area contributed by atoms with Gasteiger partial charge in [-0.25, -0.2) is 14.4 Å². The molecule has 4 rings (SSSR count). The van der Waals surface area contributed by atoms with Crippen LogP contribution in [0.5, 0.6) is 0 Å². The highest BCUT2D eigenvalue weighted by Gasteiger charge is 2.52. The number of rotatable bonds is 7. The number of ether oxygens (including phenoxy) is 4. The van der Waals surface area contributed by atoms with E-state index >= 15 is 0 Å². The zero-order valence-corrected chi connectivity index (χ0v) is 19.0. The smallest absolute Gasteiger partial charge is 0.338 e. The van der Waals surface area contributed by atoms with Crippen LogP contribution in [0.1, 0.15) is 31.1 Å². The summed E-state index contributed by atoms with van der Waals surface area (Å²) < 4.78 is 22.1. The second-order valence-electron chi connectivity index (χ2n) is 7.96. The average Bonchev–Trinajstić information content (AvgIpc) is 2.93. The summed E-state index contributed by atoms with van der Waals surface area (Å²) in [6.45, 7) is -0.678. The van der Waals surface area contributed by atoms with Gasteiger partial charge in [0.1, 0.15) is 6.10 Å². The quantitative estimate of drug-likeness (QED) is 0.377. The maximum atomic E-state index is 12.9. The lowest BCUT2D eigenvalue weighted by Crippen LogP contribution is -2.62. The largest absolute Gasteiger partial charge is 0.452 e. The van der Waals surface area contributed by atoms with Crippen molar-refractivity contribution in [1.29, 1.82) is 0 Å². The van der Waals surface area contributed by atoms with Gasteiger partial charge >= 0.3 is 17.9 Å². The van der Waals surface area contributed by atoms with Crippen LogP contribution < -0.4 is 0 Å². The molecule has 36 heavy (non-hydrogen) atoms. The van der Waals surface area contributed by atoms with Gasteiger partial charge in [-0.15, -0.1) is 0 Å². The van der Waals surface area contributed by atoms with E-state index in [0.717, 1.165) is 0 Å². The highest BCUT2D eigenvalue weighted by Crippen LogP contribution is 2.29. The molecule has 1 heterocycles. The third kappa shape index (κ3) is 5.77. The number of hydrogen-bond acceptors (Lipinski definition) is 9. The van der Waals surface area contributed by atoms with Gasteiger partial charge in [-0.05, 0) is 36.4 Å². The van der Waals surface area contributed by atoms with Gasteiger partial charge in [0.2, 0.25) is 0 Å². The molecule has 0 aliphatic carbocycles. The zero-order valence-electron chi connectivity index (χ0n) is 19.0. The number of hydrogen-bond donors (Lipinski definition) is 2. The number of benzene rings is 3. The van der Waals surface area contributed by atoms with E-state index in [2.05, 4.69) is 0 Å². The van der Waals surface area contributed by atoms with Gasteiger partial charge in [-0.2, -0.15) is 0 Å². The molecular formula is C27H24O9. The fourth-order valence-electron chi connectivity index (χ4n) is 3.74. The van der Waals surface area contributed by atoms with Crippen LogP contribution >= 0.6 is 0 Å². The Hall–Kier alpha value is -4.05. The van der Waals surface area contributed by atoms with E-state index < -0.39 is 55.2 Å². The Bertz CT molecular complexity index is 1170. The molecule has 3 aromatic rings. The highest BCUT2D eigenvalue weighted by atomic mass is 16.7. The van der Waals surface area contributed by atoms with Crippen LogP contribution in [0.2, 0.25) is 0 Å². The standard InChI is InChI=1S/C27H24O9/c28-16-20-21(34-24(29)17-10-4-1-5-11-17)22(35-25(30)18-12-6-2-7-13-18)23(27(32)33-20)36-26(31)19-14-8-3-9-15-19/h1-15,20-23,27-28,32H,16H2/t20?,21-,22?,23?,27+/m1/s1. The van der Waals surface area contributed by atoms with Crippen molar-refractivity contribution in [3.05, 3.63) is 108 Å². The van der Waals surface area contributed by atoms with Gasteiger partial charge in [0, 0.05) is 0 Å². The van der Waals surface area contributed by atoms with E-state index in [-0.39, 0.29) is 16.7 Å². The molecule has 9 heteroatoms. The fourth-order valence-corrected chi connectivity index (χ4v) is 3.74. The summed E-state index contributed by atoms with van der Waals surface area (Å²) in [5.41, 5.74) is 0.562. The van der Waals surface area contributed by atoms with E-state index in [1.807, 2.05) is 0 Å². The van der Waals surface area contributed by atoms with Gasteiger partial charge in [0.25, 0.3) is 0 Å². The Kier molecular flexibility index (Phi) is 8.06. The molecule has 0 radical (unpaired) electrons. The highest BCUT2D eigenvalue weighted by molar-refractivity contribution is 5.91. The molecule has 1 saturated heterocycles. The second kappa shape index (κ2) is 11.6. The molecule has 0 aromatic heterocycles. The number of esters is 3. The Balaban J connectivity index is 1.66. The molecule has 1 aliphatic rings. The molecule has 5 atom stereocenters. The van der Waals surface area contributed by atoms with Gasteiger partial charge in [0.05, 0.1) is 23.3 Å². The van der Waals surface area contributed by atoms with Crippen molar-refractivity contribution in [1.82, 2.24) is 0 Å². The molecular weight excluding hydrogens is 468 g/mol. The first-order valence-electron chi connectivity index (χ1n) is 11.2. The number of aliphatic hydroxyl groups excluding tert-OH is 2. The lowest BCUT2D eigenvalue weighted by Gasteiger charge is -2.42. The van der Waals surface area contributed by atoms with E-state index in [9.17, 15) is 24.6 Å². The predicted octanol–water partition coefficient (Wildman–Crippen LogP) is 2.37. The van der Waals surface area contributed by atoms with Crippen LogP contribution in [-0.2, 0) is 18.9 Å². The van der Waals surface area contributed by atoms with Crippen molar-refractivity contribution in [2.75, 3.05) is 6.61 Å². The number of carbonyl (C=O) groups excluding carboxylic acids is 3. The van der Waals surface area contributed by atoms with Gasteiger partial charge < -0.3 is 29.2 Å². The normalized spacial score (nSPS) is 23.3. The molecule has 9 nitrogen and oxygen atoms in total. The molecule has 0 amide bonds. The molecule has 0 spiro atoms. The van der Waals surface area contributed by atoms with Gasteiger partial charge in [0.15, 0.2) is 24.6 Å². The number of aliphatic hydroxyl groups is 2. The Morgan fingerprint density at radius 1 is 0.611 bits per heavy atom. The first kappa shape index (κ1) is 25.1. The summed E-state index contributed by atoms with van der Waals surface area (Å²) in [5.74, 6) is -2.42. The SMILES string of the molecule is O=C(OC1C(OC(=O)c2ccccc2)[C@@H](O)OC(CO)[C@H]1OC(=O)c1ccccc1)c1ccccc1. The monoisotopic (exact) mass is 492 g/mol. The van der Waals surface area contributed by atoms with E-state index in [0.29, 0.717) is 0 Å². The summed E-state index contributed by atoms with van der Waals surface area (Å²) >= 11 is 0. The van der Waals surface area contributed by atoms with Crippen LogP contribution in [0.15, 0.2) is 91.0 Å². The van der Waals surface area contributed by atoms with Crippen LogP contribution in [0.25, 0.3) is 0 Å². The maximum absolute atomic E-state index is 12.9.